The lowest BCUT2D eigenvalue weighted by atomic mass is 10.1. The van der Waals surface area contributed by atoms with Gasteiger partial charge in [-0.3, -0.25) is 9.78 Å². The van der Waals surface area contributed by atoms with Crippen LogP contribution in [0.25, 0.3) is 11.1 Å². The second kappa shape index (κ2) is 5.66. The van der Waals surface area contributed by atoms with E-state index in [2.05, 4.69) is 4.98 Å². The van der Waals surface area contributed by atoms with Gasteiger partial charge in [0, 0.05) is 25.6 Å². The zero-order valence-electron chi connectivity index (χ0n) is 11.8. The number of hydrogen-bond acceptors (Lipinski definition) is 5. The molecule has 0 amide bonds. The van der Waals surface area contributed by atoms with Gasteiger partial charge in [0.25, 0.3) is 0 Å². The Bertz CT molecular complexity index is 932. The first-order chi connectivity index (χ1) is 10.8. The molecular formula is C13H13ClN2O6S. The molecule has 1 aromatic heterocycles. The number of hydrogen-bond donors (Lipinski definition) is 2. The predicted molar refractivity (Wildman–Crippen MR) is 81.0 cm³/mol. The third kappa shape index (κ3) is 2.99. The zero-order chi connectivity index (χ0) is 16.8. The number of aromatic amines is 1. The van der Waals surface area contributed by atoms with Gasteiger partial charge in [-0.05, 0) is 18.4 Å². The van der Waals surface area contributed by atoms with Gasteiger partial charge < -0.3 is 9.52 Å². The van der Waals surface area contributed by atoms with E-state index >= 15 is 0 Å². The molecule has 8 nitrogen and oxygen atoms in total. The number of carboxylic acids is 1. The van der Waals surface area contributed by atoms with Gasteiger partial charge in [0.1, 0.15) is 4.90 Å². The van der Waals surface area contributed by atoms with Crippen molar-refractivity contribution in [3.8, 4) is 0 Å². The molecule has 124 valence electrons. The Morgan fingerprint density at radius 2 is 2.22 bits per heavy atom. The summed E-state index contributed by atoms with van der Waals surface area (Å²) in [6.45, 7) is 0.353. The number of rotatable bonds is 4. The van der Waals surface area contributed by atoms with E-state index in [0.717, 1.165) is 0 Å². The molecule has 10 heteroatoms. The lowest BCUT2D eigenvalue weighted by Gasteiger charge is -2.17. The van der Waals surface area contributed by atoms with E-state index in [1.54, 1.807) is 0 Å². The molecule has 0 bridgehead atoms. The van der Waals surface area contributed by atoms with Crippen molar-refractivity contribution in [2.75, 3.05) is 13.1 Å². The summed E-state index contributed by atoms with van der Waals surface area (Å²) < 4.78 is 31.5. The van der Waals surface area contributed by atoms with E-state index in [4.69, 9.17) is 21.1 Å². The number of nitrogens with zero attached hydrogens (tertiary/aromatic N) is 1. The summed E-state index contributed by atoms with van der Waals surface area (Å²) in [4.78, 5) is 24.2. The number of carbonyl (C=O) groups is 1. The second-order valence-corrected chi connectivity index (χ2v) is 7.72. The maximum absolute atomic E-state index is 12.7. The number of H-pyrrole nitrogens is 1. The molecule has 1 aromatic carbocycles. The molecule has 2 heterocycles. The number of aliphatic carboxylic acids is 1. The van der Waals surface area contributed by atoms with Gasteiger partial charge in [0.2, 0.25) is 10.0 Å². The summed E-state index contributed by atoms with van der Waals surface area (Å²) in [6.07, 6.45) is 0.399. The number of nitrogens with one attached hydrogen (secondary N) is 1. The van der Waals surface area contributed by atoms with Crippen molar-refractivity contribution in [3.63, 3.8) is 0 Å². The summed E-state index contributed by atoms with van der Waals surface area (Å²) in [6, 6.07) is 2.52. The Hall–Kier alpha value is -1.84. The first-order valence-corrected chi connectivity index (χ1v) is 8.63. The van der Waals surface area contributed by atoms with Crippen LogP contribution >= 0.6 is 11.6 Å². The van der Waals surface area contributed by atoms with E-state index in [-0.39, 0.29) is 40.9 Å². The number of sulfonamides is 1. The SMILES string of the molecule is O=C(O)CC1CCN(S(=O)(=O)c2cc3oc(=O)[nH]c3cc2Cl)C1. The zero-order valence-corrected chi connectivity index (χ0v) is 13.4. The average Bonchev–Trinajstić information content (AvgIpc) is 3.02. The lowest BCUT2D eigenvalue weighted by molar-refractivity contribution is -0.137. The number of aromatic nitrogens is 1. The van der Waals surface area contributed by atoms with Gasteiger partial charge in [-0.15, -0.1) is 0 Å². The predicted octanol–water partition coefficient (Wildman–Crippen LogP) is 1.26. The summed E-state index contributed by atoms with van der Waals surface area (Å²) in [5.74, 6) is -1.88. The molecule has 1 unspecified atom stereocenters. The molecule has 2 aromatic rings. The lowest BCUT2D eigenvalue weighted by Crippen LogP contribution is -2.29. The van der Waals surface area contributed by atoms with Crippen molar-refractivity contribution in [3.05, 3.63) is 27.7 Å². The first-order valence-electron chi connectivity index (χ1n) is 6.81. The molecule has 0 saturated carbocycles. The molecule has 1 aliphatic heterocycles. The average molecular weight is 361 g/mol. The minimum atomic E-state index is -3.89. The van der Waals surface area contributed by atoms with Crippen LogP contribution < -0.4 is 5.76 Å². The Morgan fingerprint density at radius 1 is 1.48 bits per heavy atom. The fraction of sp³-hybridized carbons (Fsp3) is 0.385. The summed E-state index contributed by atoms with van der Waals surface area (Å²) in [7, 11) is -3.89. The minimum absolute atomic E-state index is 0.0313. The highest BCUT2D eigenvalue weighted by Gasteiger charge is 2.35. The fourth-order valence-electron chi connectivity index (χ4n) is 2.72. The largest absolute Gasteiger partial charge is 0.481 e. The summed E-state index contributed by atoms with van der Waals surface area (Å²) in [5, 5.41) is 8.78. The number of oxazole rings is 1. The van der Waals surface area contributed by atoms with E-state index in [0.29, 0.717) is 11.9 Å². The molecule has 23 heavy (non-hydrogen) atoms. The number of fused-ring (bicyclic) bond motifs is 1. The molecule has 2 N–H and O–H groups in total. The topological polar surface area (TPSA) is 121 Å². The van der Waals surface area contributed by atoms with Crippen molar-refractivity contribution in [2.24, 2.45) is 5.92 Å². The molecule has 0 aliphatic carbocycles. The van der Waals surface area contributed by atoms with Gasteiger partial charge in [0.05, 0.1) is 10.5 Å². The minimum Gasteiger partial charge on any atom is -0.481 e. The molecule has 1 atom stereocenters. The van der Waals surface area contributed by atoms with Gasteiger partial charge in [-0.25, -0.2) is 13.2 Å². The van der Waals surface area contributed by atoms with E-state index in [1.807, 2.05) is 0 Å². The van der Waals surface area contributed by atoms with Crippen LogP contribution in [0, 0.1) is 5.92 Å². The van der Waals surface area contributed by atoms with Gasteiger partial charge >= 0.3 is 11.7 Å². The van der Waals surface area contributed by atoms with E-state index in [9.17, 15) is 18.0 Å². The highest BCUT2D eigenvalue weighted by atomic mass is 35.5. The van der Waals surface area contributed by atoms with Crippen LogP contribution in [0.5, 0.6) is 0 Å². The maximum atomic E-state index is 12.7. The van der Waals surface area contributed by atoms with Crippen molar-refractivity contribution >= 4 is 38.7 Å². The Balaban J connectivity index is 1.95. The fourth-order valence-corrected chi connectivity index (χ4v) is 4.77. The third-order valence-corrected chi connectivity index (χ3v) is 6.13. The highest BCUT2D eigenvalue weighted by molar-refractivity contribution is 7.89. The highest BCUT2D eigenvalue weighted by Crippen LogP contribution is 2.32. The van der Waals surface area contributed by atoms with Crippen molar-refractivity contribution < 1.29 is 22.7 Å². The standard InChI is InChI=1S/C13H13ClN2O6S/c14-8-4-9-10(22-13(19)15-9)5-11(8)23(20,21)16-2-1-7(6-16)3-12(17)18/h4-5,7H,1-3,6H2,(H,15,19)(H,17,18). The Labute approximate surface area is 135 Å². The third-order valence-electron chi connectivity index (χ3n) is 3.80. The van der Waals surface area contributed by atoms with Crippen molar-refractivity contribution in [1.29, 1.82) is 0 Å². The molecule has 0 radical (unpaired) electrons. The molecule has 0 spiro atoms. The Morgan fingerprint density at radius 3 is 2.91 bits per heavy atom. The normalized spacial score (nSPS) is 19.4. The smallest absolute Gasteiger partial charge is 0.417 e. The quantitative estimate of drug-likeness (QED) is 0.846. The van der Waals surface area contributed by atoms with Crippen LogP contribution in [0.1, 0.15) is 12.8 Å². The Kier molecular flexibility index (Phi) is 3.95. The summed E-state index contributed by atoms with van der Waals surface area (Å²) >= 11 is 6.03. The molecule has 3 rings (SSSR count). The second-order valence-electron chi connectivity index (χ2n) is 5.41. The van der Waals surface area contributed by atoms with Crippen LogP contribution in [0.2, 0.25) is 5.02 Å². The van der Waals surface area contributed by atoms with Crippen molar-refractivity contribution in [2.45, 2.75) is 17.7 Å². The van der Waals surface area contributed by atoms with Crippen LogP contribution in [0.15, 0.2) is 26.2 Å². The maximum Gasteiger partial charge on any atom is 0.417 e. The monoisotopic (exact) mass is 360 g/mol. The van der Waals surface area contributed by atoms with Gasteiger partial charge in [-0.1, -0.05) is 11.6 Å². The van der Waals surface area contributed by atoms with E-state index < -0.39 is 21.7 Å². The number of halogens is 1. The number of carboxylic acid groups (broad SMARTS) is 1. The van der Waals surface area contributed by atoms with Gasteiger partial charge in [0.15, 0.2) is 5.58 Å². The molecule has 1 aliphatic rings. The van der Waals surface area contributed by atoms with Crippen LogP contribution in [-0.2, 0) is 14.8 Å². The molecular weight excluding hydrogens is 348 g/mol. The number of benzene rings is 1. The van der Waals surface area contributed by atoms with E-state index in [1.165, 1.54) is 16.4 Å². The first kappa shape index (κ1) is 16.0. The van der Waals surface area contributed by atoms with Gasteiger partial charge in [-0.2, -0.15) is 4.31 Å². The van der Waals surface area contributed by atoms with Crippen LogP contribution in [0.4, 0.5) is 0 Å². The van der Waals surface area contributed by atoms with Crippen molar-refractivity contribution in [1.82, 2.24) is 9.29 Å². The molecule has 1 fully saturated rings. The summed E-state index contributed by atoms with van der Waals surface area (Å²) in [5.41, 5.74) is 0.406. The van der Waals surface area contributed by atoms with Crippen LogP contribution in [0.3, 0.4) is 0 Å². The molecule has 1 saturated heterocycles. The van der Waals surface area contributed by atoms with Crippen LogP contribution in [-0.4, -0.2) is 41.9 Å².